The number of non-ortho nitro benzene ring substituents is 1. The third-order valence-corrected chi connectivity index (χ3v) is 4.54. The zero-order valence-electron chi connectivity index (χ0n) is 17.1. The second kappa shape index (κ2) is 9.62. The van der Waals surface area contributed by atoms with Crippen molar-refractivity contribution in [3.63, 3.8) is 0 Å². The molecule has 0 aromatic heterocycles. The fourth-order valence-electron chi connectivity index (χ4n) is 2.96. The number of hydrogen-bond acceptors (Lipinski definition) is 6. The number of hydrogen-bond donors (Lipinski definition) is 1. The minimum Gasteiger partial charge on any atom is -0.497 e. The average Bonchev–Trinajstić information content (AvgIpc) is 2.67. The predicted octanol–water partition coefficient (Wildman–Crippen LogP) is 4.23. The summed E-state index contributed by atoms with van der Waals surface area (Å²) in [6.07, 6.45) is -1.91. The van der Waals surface area contributed by atoms with Crippen LogP contribution in [-0.4, -0.2) is 29.0 Å². The molecule has 0 radical (unpaired) electrons. The van der Waals surface area contributed by atoms with Gasteiger partial charge in [-0.2, -0.15) is 0 Å². The van der Waals surface area contributed by atoms with Crippen molar-refractivity contribution in [3.05, 3.63) is 69.8 Å². The Labute approximate surface area is 170 Å². The Balaban J connectivity index is 2.04. The summed E-state index contributed by atoms with van der Waals surface area (Å²) in [6.45, 7) is 5.97. The highest BCUT2D eigenvalue weighted by Gasteiger charge is 2.33. The van der Waals surface area contributed by atoms with Crippen LogP contribution < -0.4 is 4.74 Å². The molecule has 2 aromatic carbocycles. The molecule has 0 saturated carbocycles. The molecule has 1 N–H and O–H groups in total. The molecule has 0 fully saturated rings. The molecule has 0 aliphatic carbocycles. The van der Waals surface area contributed by atoms with E-state index in [1.54, 1.807) is 7.11 Å². The number of nitrogens with zero attached hydrogens (tertiary/aromatic N) is 1. The minimum absolute atomic E-state index is 0.0670. The van der Waals surface area contributed by atoms with Gasteiger partial charge in [-0.05, 0) is 40.8 Å². The first kappa shape index (κ1) is 22.5. The minimum atomic E-state index is -1.06. The monoisotopic (exact) mass is 401 g/mol. The molecule has 7 heteroatoms. The number of aliphatic hydroxyl groups excluding tert-OH is 1. The molecule has 0 aliphatic rings. The molecule has 2 atom stereocenters. The molecule has 29 heavy (non-hydrogen) atoms. The van der Waals surface area contributed by atoms with Gasteiger partial charge in [-0.25, -0.2) is 0 Å². The van der Waals surface area contributed by atoms with Gasteiger partial charge in [0, 0.05) is 18.6 Å². The molecule has 2 aromatic rings. The van der Waals surface area contributed by atoms with E-state index in [-0.39, 0.29) is 24.5 Å². The summed E-state index contributed by atoms with van der Waals surface area (Å²) >= 11 is 0. The van der Waals surface area contributed by atoms with Crippen molar-refractivity contribution in [2.45, 2.75) is 46.0 Å². The smallest absolute Gasteiger partial charge is 0.269 e. The topological polar surface area (TPSA) is 98.9 Å². The molecule has 0 heterocycles. The first-order valence-corrected chi connectivity index (χ1v) is 9.31. The normalized spacial score (nSPS) is 13.6. The summed E-state index contributed by atoms with van der Waals surface area (Å²) in [5, 5.41) is 21.2. The zero-order chi connectivity index (χ0) is 21.6. The van der Waals surface area contributed by atoms with E-state index < -0.39 is 22.5 Å². The number of rotatable bonds is 9. The number of methoxy groups -OCH3 is 1. The molecule has 2 rings (SSSR count). The molecule has 0 unspecified atom stereocenters. The van der Waals surface area contributed by atoms with E-state index in [0.29, 0.717) is 5.56 Å². The summed E-state index contributed by atoms with van der Waals surface area (Å²) in [5.41, 5.74) is 0.830. The second-order valence-electron chi connectivity index (χ2n) is 7.94. The fourth-order valence-corrected chi connectivity index (χ4v) is 2.96. The van der Waals surface area contributed by atoms with Crippen LogP contribution in [-0.2, 0) is 16.1 Å². The Morgan fingerprint density at radius 3 is 2.17 bits per heavy atom. The summed E-state index contributed by atoms with van der Waals surface area (Å²) in [5.74, 6) is 0.514. The summed E-state index contributed by atoms with van der Waals surface area (Å²) < 4.78 is 11.1. The number of benzene rings is 2. The van der Waals surface area contributed by atoms with Gasteiger partial charge in [0.2, 0.25) is 0 Å². The molecule has 0 bridgehead atoms. The number of nitro benzene ring substituents is 1. The van der Waals surface area contributed by atoms with Crippen LogP contribution in [0.2, 0.25) is 0 Å². The Morgan fingerprint density at radius 2 is 1.69 bits per heavy atom. The highest BCUT2D eigenvalue weighted by atomic mass is 16.6. The van der Waals surface area contributed by atoms with Crippen LogP contribution in [0.5, 0.6) is 5.75 Å². The van der Waals surface area contributed by atoms with Crippen LogP contribution in [0.15, 0.2) is 48.5 Å². The van der Waals surface area contributed by atoms with E-state index in [9.17, 15) is 20.0 Å². The largest absolute Gasteiger partial charge is 0.497 e. The first-order valence-electron chi connectivity index (χ1n) is 9.31. The third kappa shape index (κ3) is 6.37. The van der Waals surface area contributed by atoms with Crippen molar-refractivity contribution in [1.82, 2.24) is 0 Å². The van der Waals surface area contributed by atoms with E-state index in [4.69, 9.17) is 9.47 Å². The van der Waals surface area contributed by atoms with Crippen molar-refractivity contribution < 1.29 is 24.3 Å². The SMILES string of the molecule is COc1ccc(CO[C@H](C(=O)C[C@@H](O)c2ccc([N+](=O)[O-])cc2)C(C)(C)C)cc1. The van der Waals surface area contributed by atoms with Crippen LogP contribution in [0.25, 0.3) is 0 Å². The molecule has 7 nitrogen and oxygen atoms in total. The molecule has 0 saturated heterocycles. The predicted molar refractivity (Wildman–Crippen MR) is 109 cm³/mol. The highest BCUT2D eigenvalue weighted by Crippen LogP contribution is 2.28. The van der Waals surface area contributed by atoms with Crippen LogP contribution in [0.1, 0.15) is 44.4 Å². The maximum Gasteiger partial charge on any atom is 0.269 e. The van der Waals surface area contributed by atoms with Crippen LogP contribution in [0.4, 0.5) is 5.69 Å². The Bertz CT molecular complexity index is 824. The standard InChI is InChI=1S/C22H27NO6/c1-22(2,3)21(29-14-15-5-11-18(28-4)12-6-15)20(25)13-19(24)16-7-9-17(10-8-16)23(26)27/h5-12,19,21,24H,13-14H2,1-4H3/t19-,21-/m1/s1. The van der Waals surface area contributed by atoms with E-state index >= 15 is 0 Å². The zero-order valence-corrected chi connectivity index (χ0v) is 17.1. The van der Waals surface area contributed by atoms with Gasteiger partial charge in [-0.15, -0.1) is 0 Å². The van der Waals surface area contributed by atoms with Crippen molar-refractivity contribution in [1.29, 1.82) is 0 Å². The second-order valence-corrected chi connectivity index (χ2v) is 7.94. The van der Waals surface area contributed by atoms with Crippen molar-refractivity contribution in [2.24, 2.45) is 5.41 Å². The van der Waals surface area contributed by atoms with Crippen LogP contribution >= 0.6 is 0 Å². The fraction of sp³-hybridized carbons (Fsp3) is 0.409. The number of nitro groups is 1. The summed E-state index contributed by atoms with van der Waals surface area (Å²) in [4.78, 5) is 23.1. The lowest BCUT2D eigenvalue weighted by atomic mass is 9.84. The lowest BCUT2D eigenvalue weighted by Gasteiger charge is -2.30. The Morgan fingerprint density at radius 1 is 1.10 bits per heavy atom. The van der Waals surface area contributed by atoms with Gasteiger partial charge in [0.25, 0.3) is 5.69 Å². The Kier molecular flexibility index (Phi) is 7.47. The summed E-state index contributed by atoms with van der Waals surface area (Å²) in [6, 6.07) is 12.9. The van der Waals surface area contributed by atoms with Gasteiger partial charge in [0.15, 0.2) is 5.78 Å². The number of Topliss-reactive ketones (excluding diaryl/α,β-unsaturated/α-hetero) is 1. The van der Waals surface area contributed by atoms with Crippen molar-refractivity contribution in [2.75, 3.05) is 7.11 Å². The summed E-state index contributed by atoms with van der Waals surface area (Å²) in [7, 11) is 1.59. The Hall–Kier alpha value is -2.77. The quantitative estimate of drug-likeness (QED) is 0.499. The number of carbonyl (C=O) groups excluding carboxylic acids is 1. The molecule has 0 spiro atoms. The number of ether oxygens (including phenoxy) is 2. The van der Waals surface area contributed by atoms with Crippen molar-refractivity contribution >= 4 is 11.5 Å². The van der Waals surface area contributed by atoms with Gasteiger partial charge in [-0.1, -0.05) is 32.9 Å². The maximum atomic E-state index is 12.9. The average molecular weight is 401 g/mol. The molecular formula is C22H27NO6. The van der Waals surface area contributed by atoms with Gasteiger partial charge in [-0.3, -0.25) is 14.9 Å². The molecular weight excluding hydrogens is 374 g/mol. The number of ketones is 1. The van der Waals surface area contributed by atoms with Gasteiger partial charge in [0.05, 0.1) is 24.7 Å². The molecule has 156 valence electrons. The van der Waals surface area contributed by atoms with Gasteiger partial charge >= 0.3 is 0 Å². The van der Waals surface area contributed by atoms with E-state index in [2.05, 4.69) is 0 Å². The maximum absolute atomic E-state index is 12.9. The lowest BCUT2D eigenvalue weighted by molar-refractivity contribution is -0.384. The number of carbonyl (C=O) groups is 1. The first-order chi connectivity index (χ1) is 13.6. The van der Waals surface area contributed by atoms with Crippen molar-refractivity contribution in [3.8, 4) is 5.75 Å². The van der Waals surface area contributed by atoms with E-state index in [0.717, 1.165) is 11.3 Å². The van der Waals surface area contributed by atoms with Crippen LogP contribution in [0, 0.1) is 15.5 Å². The lowest BCUT2D eigenvalue weighted by Crippen LogP contribution is -2.37. The van der Waals surface area contributed by atoms with Crippen LogP contribution in [0.3, 0.4) is 0 Å². The van der Waals surface area contributed by atoms with Gasteiger partial charge < -0.3 is 14.6 Å². The van der Waals surface area contributed by atoms with E-state index in [1.165, 1.54) is 24.3 Å². The molecule has 0 aliphatic heterocycles. The molecule has 0 amide bonds. The van der Waals surface area contributed by atoms with E-state index in [1.807, 2.05) is 45.0 Å². The number of aliphatic hydroxyl groups is 1. The van der Waals surface area contributed by atoms with Gasteiger partial charge in [0.1, 0.15) is 11.9 Å². The highest BCUT2D eigenvalue weighted by molar-refractivity contribution is 5.84. The third-order valence-electron chi connectivity index (χ3n) is 4.54.